The summed E-state index contributed by atoms with van der Waals surface area (Å²) in [7, 11) is 1.64. The minimum Gasteiger partial charge on any atom is -0.598 e. The number of aromatic nitrogens is 2. The predicted molar refractivity (Wildman–Crippen MR) is 142 cm³/mol. The Labute approximate surface area is 219 Å². The van der Waals surface area contributed by atoms with Gasteiger partial charge < -0.3 is 19.3 Å². The van der Waals surface area contributed by atoms with Gasteiger partial charge in [0.1, 0.15) is 21.7 Å². The first-order chi connectivity index (χ1) is 16.7. The average molecular weight is 562 g/mol. The van der Waals surface area contributed by atoms with Crippen molar-refractivity contribution in [1.82, 2.24) is 14.7 Å². The molecule has 1 aromatic heterocycles. The number of benzene rings is 1. The molecule has 0 bridgehead atoms. The van der Waals surface area contributed by atoms with Crippen molar-refractivity contribution < 1.29 is 14.4 Å². The second kappa shape index (κ2) is 10.8. The van der Waals surface area contributed by atoms with Crippen LogP contribution in [0, 0.1) is 17.3 Å². The molecule has 1 spiro atoms. The number of aliphatic hydroxyl groups excluding tert-OH is 1. The third-order valence-electron chi connectivity index (χ3n) is 6.84. The number of nitrogens with zero attached hydrogens (tertiary/aromatic N) is 3. The number of hydrogen-bond acceptors (Lipinski definition) is 7. The van der Waals surface area contributed by atoms with Crippen LogP contribution in [0.15, 0.2) is 29.0 Å². The number of anilines is 1. The summed E-state index contributed by atoms with van der Waals surface area (Å²) in [6.07, 6.45) is 4.43. The molecule has 0 unspecified atom stereocenters. The average Bonchev–Trinajstić information content (AvgIpc) is 3.11. The summed E-state index contributed by atoms with van der Waals surface area (Å²) in [6.45, 7) is 7.80. The lowest BCUT2D eigenvalue weighted by atomic mass is 9.73. The van der Waals surface area contributed by atoms with E-state index in [0.717, 1.165) is 43.7 Å². The predicted octanol–water partition coefficient (Wildman–Crippen LogP) is 3.67. The van der Waals surface area contributed by atoms with Crippen LogP contribution in [0.1, 0.15) is 62.0 Å². The Balaban J connectivity index is 1.62. The van der Waals surface area contributed by atoms with Crippen LogP contribution in [0.25, 0.3) is 0 Å². The number of piperidine rings is 1. The summed E-state index contributed by atoms with van der Waals surface area (Å²) in [6, 6.07) is 6.36. The minimum absolute atomic E-state index is 0.0304. The fourth-order valence-electron chi connectivity index (χ4n) is 4.99. The zero-order chi connectivity index (χ0) is 25.2. The molecule has 1 fully saturated rings. The second-order valence-corrected chi connectivity index (χ2v) is 13.0. The molecule has 0 radical (unpaired) electrons. The highest BCUT2D eigenvalue weighted by Gasteiger charge is 2.50. The molecule has 2 heterocycles. The van der Waals surface area contributed by atoms with Crippen LogP contribution >= 0.6 is 15.9 Å². The van der Waals surface area contributed by atoms with E-state index in [1.807, 2.05) is 20.8 Å². The van der Waals surface area contributed by atoms with Crippen LogP contribution in [0.2, 0.25) is 0 Å². The molecule has 7 nitrogen and oxygen atoms in total. The van der Waals surface area contributed by atoms with Gasteiger partial charge in [0.05, 0.1) is 18.8 Å². The van der Waals surface area contributed by atoms with Gasteiger partial charge in [-0.05, 0) is 79.2 Å². The molecule has 0 amide bonds. The molecule has 0 saturated carbocycles. The molecular weight excluding hydrogens is 528 g/mol. The summed E-state index contributed by atoms with van der Waals surface area (Å²) in [5, 5.41) is 9.80. The SMILES string of the molecule is COCC#Cc1ccc2c(c1)[C@@H](N[S@+]([O-])C(C)(C)C)C1(CCN(c3ncc(Br)nc3CO)CC1)C2. The maximum absolute atomic E-state index is 13.2. The zero-order valence-corrected chi connectivity index (χ0v) is 23.1. The van der Waals surface area contributed by atoms with Crippen molar-refractivity contribution in [2.45, 2.75) is 57.4 Å². The number of rotatable bonds is 5. The van der Waals surface area contributed by atoms with Gasteiger partial charge in [0.2, 0.25) is 0 Å². The summed E-state index contributed by atoms with van der Waals surface area (Å²) >= 11 is 2.13. The molecular formula is C26H33BrN4O3S. The van der Waals surface area contributed by atoms with Crippen LogP contribution in [-0.4, -0.2) is 51.2 Å². The lowest BCUT2D eigenvalue weighted by Crippen LogP contribution is -2.50. The Morgan fingerprint density at radius 2 is 2.09 bits per heavy atom. The quantitative estimate of drug-likeness (QED) is 0.425. The van der Waals surface area contributed by atoms with Crippen molar-refractivity contribution in [3.05, 3.63) is 51.4 Å². The number of aliphatic hydroxyl groups is 1. The van der Waals surface area contributed by atoms with E-state index in [0.29, 0.717) is 16.9 Å². The largest absolute Gasteiger partial charge is 0.598 e. The Morgan fingerprint density at radius 1 is 1.34 bits per heavy atom. The van der Waals surface area contributed by atoms with Crippen molar-refractivity contribution in [1.29, 1.82) is 0 Å². The minimum atomic E-state index is -1.21. The van der Waals surface area contributed by atoms with Gasteiger partial charge >= 0.3 is 0 Å². The van der Waals surface area contributed by atoms with Crippen LogP contribution in [0.3, 0.4) is 0 Å². The second-order valence-electron chi connectivity index (χ2n) is 10.2. The number of hydrogen-bond donors (Lipinski definition) is 2. The first-order valence-electron chi connectivity index (χ1n) is 11.8. The smallest absolute Gasteiger partial charge is 0.152 e. The Hall–Kier alpha value is -1.67. The van der Waals surface area contributed by atoms with E-state index in [9.17, 15) is 9.66 Å². The molecule has 1 saturated heterocycles. The van der Waals surface area contributed by atoms with Gasteiger partial charge in [-0.15, -0.1) is 4.72 Å². The number of ether oxygens (including phenoxy) is 1. The molecule has 35 heavy (non-hydrogen) atoms. The number of halogens is 1. The molecule has 1 aliphatic carbocycles. The molecule has 2 atom stereocenters. The van der Waals surface area contributed by atoms with E-state index in [-0.39, 0.29) is 22.8 Å². The fourth-order valence-corrected chi connectivity index (χ4v) is 6.25. The normalized spacial score (nSPS) is 19.9. The maximum Gasteiger partial charge on any atom is 0.152 e. The van der Waals surface area contributed by atoms with Crippen LogP contribution < -0.4 is 9.62 Å². The highest BCUT2D eigenvalue weighted by atomic mass is 79.9. The summed E-state index contributed by atoms with van der Waals surface area (Å²) < 4.78 is 22.1. The molecule has 2 aromatic rings. The van der Waals surface area contributed by atoms with E-state index in [1.165, 1.54) is 11.1 Å². The lowest BCUT2D eigenvalue weighted by molar-refractivity contribution is 0.175. The van der Waals surface area contributed by atoms with E-state index >= 15 is 0 Å². The highest BCUT2D eigenvalue weighted by molar-refractivity contribution is 9.10. The van der Waals surface area contributed by atoms with Gasteiger partial charge in [-0.2, -0.15) is 0 Å². The Morgan fingerprint density at radius 3 is 2.74 bits per heavy atom. The Kier molecular flexibility index (Phi) is 8.11. The zero-order valence-electron chi connectivity index (χ0n) is 20.7. The molecule has 4 rings (SSSR count). The van der Waals surface area contributed by atoms with Gasteiger partial charge in [0, 0.05) is 42.5 Å². The van der Waals surface area contributed by atoms with Gasteiger partial charge in [-0.3, -0.25) is 0 Å². The van der Waals surface area contributed by atoms with Crippen molar-refractivity contribution in [3.8, 4) is 11.8 Å². The van der Waals surface area contributed by atoms with E-state index < -0.39 is 11.4 Å². The highest BCUT2D eigenvalue weighted by Crippen LogP contribution is 2.53. The first-order valence-corrected chi connectivity index (χ1v) is 13.8. The van der Waals surface area contributed by atoms with Crippen molar-refractivity contribution in [2.75, 3.05) is 31.7 Å². The van der Waals surface area contributed by atoms with Gasteiger partial charge in [-0.25, -0.2) is 9.97 Å². The molecule has 2 N–H and O–H groups in total. The monoisotopic (exact) mass is 560 g/mol. The molecule has 1 aliphatic heterocycles. The third kappa shape index (κ3) is 5.68. The van der Waals surface area contributed by atoms with E-state index in [1.54, 1.807) is 13.3 Å². The van der Waals surface area contributed by atoms with Gasteiger partial charge in [-0.1, -0.05) is 17.9 Å². The molecule has 188 valence electrons. The lowest BCUT2D eigenvalue weighted by Gasteiger charge is -2.44. The maximum atomic E-state index is 13.2. The van der Waals surface area contributed by atoms with Gasteiger partial charge in [0.25, 0.3) is 0 Å². The third-order valence-corrected chi connectivity index (χ3v) is 8.79. The summed E-state index contributed by atoms with van der Waals surface area (Å²) in [4.78, 5) is 11.1. The molecule has 2 aliphatic rings. The summed E-state index contributed by atoms with van der Waals surface area (Å²) in [5.41, 5.74) is 3.95. The number of fused-ring (bicyclic) bond motifs is 1. The number of methoxy groups -OCH3 is 1. The standard InChI is InChI=1S/C26H33BrN4O3S/c1-25(2,3)35(33)30-23-20-14-18(6-5-13-34-4)7-8-19(20)15-26(23)9-11-31(12-10-26)24-21(17-32)29-22(27)16-28-24/h7-8,14,16,23,30,32H,9-13,15,17H2,1-4H3/t23-,35-/m1/s1. The fraction of sp³-hybridized carbons (Fsp3) is 0.538. The summed E-state index contributed by atoms with van der Waals surface area (Å²) in [5.74, 6) is 6.96. The van der Waals surface area contributed by atoms with Crippen molar-refractivity contribution >= 4 is 33.1 Å². The topological polar surface area (TPSA) is 93.6 Å². The van der Waals surface area contributed by atoms with E-state index in [2.05, 4.69) is 65.6 Å². The van der Waals surface area contributed by atoms with Crippen LogP contribution in [0.4, 0.5) is 5.82 Å². The molecule has 9 heteroatoms. The van der Waals surface area contributed by atoms with Crippen LogP contribution in [0.5, 0.6) is 0 Å². The Bertz CT molecular complexity index is 1120. The van der Waals surface area contributed by atoms with Gasteiger partial charge in [0.15, 0.2) is 5.82 Å². The van der Waals surface area contributed by atoms with Crippen molar-refractivity contribution in [2.24, 2.45) is 5.41 Å². The van der Waals surface area contributed by atoms with Crippen molar-refractivity contribution in [3.63, 3.8) is 0 Å². The first kappa shape index (κ1) is 26.4. The number of nitrogens with one attached hydrogen (secondary N) is 1. The van der Waals surface area contributed by atoms with Crippen LogP contribution in [-0.2, 0) is 29.1 Å². The molecule has 1 aromatic carbocycles. The van der Waals surface area contributed by atoms with E-state index in [4.69, 9.17) is 4.74 Å².